The number of fused-ring (bicyclic) bond motifs is 1. The van der Waals surface area contributed by atoms with Crippen molar-refractivity contribution in [3.63, 3.8) is 0 Å². The summed E-state index contributed by atoms with van der Waals surface area (Å²) in [6, 6.07) is 5.35. The van der Waals surface area contributed by atoms with E-state index in [9.17, 15) is 14.4 Å². The number of aryl methyl sites for hydroxylation is 2. The minimum atomic E-state index is -0.344. The van der Waals surface area contributed by atoms with Gasteiger partial charge in [0.05, 0.1) is 29.8 Å². The number of carbonyl (C=O) groups excluding carboxylic acids is 2. The van der Waals surface area contributed by atoms with E-state index in [1.54, 1.807) is 24.0 Å². The third-order valence-electron chi connectivity index (χ3n) is 4.92. The monoisotopic (exact) mass is 427 g/mol. The highest BCUT2D eigenvalue weighted by atomic mass is 32.1. The number of nitrogens with zero attached hydrogens (tertiary/aromatic N) is 4. The predicted molar refractivity (Wildman–Crippen MR) is 113 cm³/mol. The topological polar surface area (TPSA) is 106 Å². The fourth-order valence-electron chi connectivity index (χ4n) is 3.33. The second-order valence-electron chi connectivity index (χ2n) is 7.03. The summed E-state index contributed by atoms with van der Waals surface area (Å²) in [5.41, 5.74) is 1.00. The highest BCUT2D eigenvalue weighted by molar-refractivity contribution is 7.20. The summed E-state index contributed by atoms with van der Waals surface area (Å²) in [6.07, 6.45) is 1.36. The molecule has 3 aromatic rings. The SMILES string of the molecule is Cc1cccc(NC(=O)c2sc3ncn(CC(=O)N4CCOCC4)c(=O)c3c2C)n1. The molecule has 0 bridgehead atoms. The smallest absolute Gasteiger partial charge is 0.267 e. The molecule has 1 saturated heterocycles. The summed E-state index contributed by atoms with van der Waals surface area (Å²) < 4.78 is 6.55. The molecule has 3 aromatic heterocycles. The van der Waals surface area contributed by atoms with Crippen LogP contribution in [0, 0.1) is 13.8 Å². The third kappa shape index (κ3) is 3.96. The molecule has 0 aliphatic carbocycles. The predicted octanol–water partition coefficient (Wildman–Crippen LogP) is 1.58. The first kappa shape index (κ1) is 20.2. The van der Waals surface area contributed by atoms with E-state index >= 15 is 0 Å². The zero-order chi connectivity index (χ0) is 21.3. The van der Waals surface area contributed by atoms with E-state index in [4.69, 9.17) is 4.74 Å². The number of morpholine rings is 1. The Morgan fingerprint density at radius 1 is 1.23 bits per heavy atom. The van der Waals surface area contributed by atoms with Gasteiger partial charge in [0.1, 0.15) is 17.2 Å². The highest BCUT2D eigenvalue weighted by Gasteiger charge is 2.22. The number of amides is 2. The standard InChI is InChI=1S/C20H21N5O4S/c1-12-4-3-5-14(22-12)23-18(27)17-13(2)16-19(30-17)21-11-25(20(16)28)10-15(26)24-6-8-29-9-7-24/h3-5,11H,6-10H2,1-2H3,(H,22,23,27). The summed E-state index contributed by atoms with van der Waals surface area (Å²) in [4.78, 5) is 49.4. The van der Waals surface area contributed by atoms with Crippen LogP contribution in [0.4, 0.5) is 5.82 Å². The summed E-state index contributed by atoms with van der Waals surface area (Å²) in [5, 5.41) is 3.12. The van der Waals surface area contributed by atoms with E-state index in [2.05, 4.69) is 15.3 Å². The van der Waals surface area contributed by atoms with Crippen LogP contribution in [0.1, 0.15) is 20.9 Å². The van der Waals surface area contributed by atoms with Gasteiger partial charge in [-0.15, -0.1) is 11.3 Å². The number of pyridine rings is 1. The number of nitrogens with one attached hydrogen (secondary N) is 1. The van der Waals surface area contributed by atoms with Crippen molar-refractivity contribution in [2.75, 3.05) is 31.6 Å². The fourth-order valence-corrected chi connectivity index (χ4v) is 4.37. The molecular weight excluding hydrogens is 406 g/mol. The first-order valence-electron chi connectivity index (χ1n) is 9.53. The zero-order valence-corrected chi connectivity index (χ0v) is 17.5. The van der Waals surface area contributed by atoms with Gasteiger partial charge < -0.3 is 15.0 Å². The van der Waals surface area contributed by atoms with Gasteiger partial charge in [0, 0.05) is 18.8 Å². The summed E-state index contributed by atoms with van der Waals surface area (Å²) >= 11 is 1.15. The fraction of sp³-hybridized carbons (Fsp3) is 0.350. The van der Waals surface area contributed by atoms with Crippen LogP contribution in [0.25, 0.3) is 10.2 Å². The number of hydrogen-bond donors (Lipinski definition) is 1. The highest BCUT2D eigenvalue weighted by Crippen LogP contribution is 2.27. The van der Waals surface area contributed by atoms with E-state index in [1.807, 2.05) is 13.0 Å². The largest absolute Gasteiger partial charge is 0.378 e. The summed E-state index contributed by atoms with van der Waals surface area (Å²) in [6.45, 7) is 5.48. The van der Waals surface area contributed by atoms with Crippen LogP contribution >= 0.6 is 11.3 Å². The maximum absolute atomic E-state index is 13.0. The molecule has 156 valence electrons. The van der Waals surface area contributed by atoms with E-state index in [0.29, 0.717) is 52.8 Å². The Morgan fingerprint density at radius 2 is 2.00 bits per heavy atom. The molecule has 10 heteroatoms. The van der Waals surface area contributed by atoms with Gasteiger partial charge in [0.2, 0.25) is 5.91 Å². The molecule has 1 aliphatic rings. The quantitative estimate of drug-likeness (QED) is 0.678. The third-order valence-corrected chi connectivity index (χ3v) is 6.12. The van der Waals surface area contributed by atoms with Crippen LogP contribution in [0.15, 0.2) is 29.3 Å². The Kier molecular flexibility index (Phi) is 5.60. The van der Waals surface area contributed by atoms with Crippen molar-refractivity contribution in [3.05, 3.63) is 51.0 Å². The van der Waals surface area contributed by atoms with Crippen LogP contribution < -0.4 is 10.9 Å². The Balaban J connectivity index is 1.60. The molecule has 1 fully saturated rings. The number of anilines is 1. The molecule has 2 amide bonds. The van der Waals surface area contributed by atoms with Crippen molar-refractivity contribution in [2.24, 2.45) is 0 Å². The Labute approximate surface area is 176 Å². The molecule has 0 radical (unpaired) electrons. The Bertz CT molecular complexity index is 1180. The molecule has 0 aromatic carbocycles. The van der Waals surface area contributed by atoms with E-state index < -0.39 is 0 Å². The number of ether oxygens (including phenoxy) is 1. The van der Waals surface area contributed by atoms with Gasteiger partial charge in [-0.3, -0.25) is 19.0 Å². The number of carbonyl (C=O) groups is 2. The Morgan fingerprint density at radius 3 is 2.73 bits per heavy atom. The molecule has 30 heavy (non-hydrogen) atoms. The first-order chi connectivity index (χ1) is 14.4. The minimum absolute atomic E-state index is 0.0915. The van der Waals surface area contributed by atoms with Crippen molar-refractivity contribution < 1.29 is 14.3 Å². The van der Waals surface area contributed by atoms with Crippen LogP contribution in [0.5, 0.6) is 0 Å². The molecule has 9 nitrogen and oxygen atoms in total. The lowest BCUT2D eigenvalue weighted by Crippen LogP contribution is -2.43. The van der Waals surface area contributed by atoms with E-state index in [-0.39, 0.29) is 23.9 Å². The van der Waals surface area contributed by atoms with Crippen molar-refractivity contribution in [1.29, 1.82) is 0 Å². The maximum atomic E-state index is 13.0. The number of thiophene rings is 1. The van der Waals surface area contributed by atoms with Crippen LogP contribution in [0.2, 0.25) is 0 Å². The molecule has 0 unspecified atom stereocenters. The zero-order valence-electron chi connectivity index (χ0n) is 16.7. The van der Waals surface area contributed by atoms with Crippen molar-refractivity contribution in [3.8, 4) is 0 Å². The van der Waals surface area contributed by atoms with Crippen molar-refractivity contribution in [1.82, 2.24) is 19.4 Å². The summed E-state index contributed by atoms with van der Waals surface area (Å²) in [5.74, 6) is -0.0554. The number of aromatic nitrogens is 3. The molecule has 1 N–H and O–H groups in total. The average molecular weight is 427 g/mol. The van der Waals surface area contributed by atoms with Gasteiger partial charge in [-0.2, -0.15) is 0 Å². The Hall–Kier alpha value is -3.11. The first-order valence-corrected chi connectivity index (χ1v) is 10.3. The molecule has 0 spiro atoms. The molecule has 4 rings (SSSR count). The second kappa shape index (κ2) is 8.33. The molecular formula is C20H21N5O4S. The minimum Gasteiger partial charge on any atom is -0.378 e. The van der Waals surface area contributed by atoms with E-state index in [0.717, 1.165) is 17.0 Å². The van der Waals surface area contributed by atoms with Gasteiger partial charge >= 0.3 is 0 Å². The average Bonchev–Trinajstić information content (AvgIpc) is 3.08. The summed E-state index contributed by atoms with van der Waals surface area (Å²) in [7, 11) is 0. The van der Waals surface area contributed by atoms with Crippen LogP contribution in [0.3, 0.4) is 0 Å². The molecule has 4 heterocycles. The molecule has 0 atom stereocenters. The van der Waals surface area contributed by atoms with Gasteiger partial charge in [0.15, 0.2) is 0 Å². The van der Waals surface area contributed by atoms with Gasteiger partial charge in [-0.25, -0.2) is 9.97 Å². The lowest BCUT2D eigenvalue weighted by Gasteiger charge is -2.26. The van der Waals surface area contributed by atoms with Crippen molar-refractivity contribution in [2.45, 2.75) is 20.4 Å². The lowest BCUT2D eigenvalue weighted by atomic mass is 10.2. The van der Waals surface area contributed by atoms with E-state index in [1.165, 1.54) is 10.9 Å². The van der Waals surface area contributed by atoms with Crippen LogP contribution in [-0.2, 0) is 16.1 Å². The second-order valence-corrected chi connectivity index (χ2v) is 8.02. The number of hydrogen-bond acceptors (Lipinski definition) is 7. The molecule has 0 saturated carbocycles. The normalized spacial score (nSPS) is 14.1. The lowest BCUT2D eigenvalue weighted by molar-refractivity contribution is -0.135. The van der Waals surface area contributed by atoms with Gasteiger partial charge in [-0.1, -0.05) is 6.07 Å². The number of rotatable bonds is 4. The molecule has 1 aliphatic heterocycles. The van der Waals surface area contributed by atoms with Crippen LogP contribution in [-0.4, -0.2) is 57.6 Å². The van der Waals surface area contributed by atoms with Gasteiger partial charge in [-0.05, 0) is 31.5 Å². The maximum Gasteiger partial charge on any atom is 0.267 e. The van der Waals surface area contributed by atoms with Crippen molar-refractivity contribution >= 4 is 39.2 Å². The van der Waals surface area contributed by atoms with Gasteiger partial charge in [0.25, 0.3) is 11.5 Å².